The fourth-order valence-electron chi connectivity index (χ4n) is 2.91. The second-order valence-corrected chi connectivity index (χ2v) is 5.11. The summed E-state index contributed by atoms with van der Waals surface area (Å²) in [6.07, 6.45) is 2.74. The van der Waals surface area contributed by atoms with Gasteiger partial charge in [-0.1, -0.05) is 5.21 Å². The van der Waals surface area contributed by atoms with Gasteiger partial charge in [0.25, 0.3) is 0 Å². The molecule has 2 fully saturated rings. The van der Waals surface area contributed by atoms with E-state index in [0.29, 0.717) is 13.2 Å². The number of carboxylic acids is 1. The molecule has 7 heteroatoms. The molecular formula is C12H18N4O3. The van der Waals surface area contributed by atoms with Crippen molar-refractivity contribution in [2.45, 2.75) is 31.2 Å². The Kier molecular flexibility index (Phi) is 3.48. The SMILES string of the molecule is O=C(O)c1nnn(C2CCOC2)c1C1CCNCC1. The summed E-state index contributed by atoms with van der Waals surface area (Å²) in [5, 5.41) is 20.5. The monoisotopic (exact) mass is 266 g/mol. The number of aromatic nitrogens is 3. The number of carboxylic acid groups (broad SMARTS) is 1. The summed E-state index contributed by atoms with van der Waals surface area (Å²) in [6, 6.07) is 0.130. The summed E-state index contributed by atoms with van der Waals surface area (Å²) in [5.41, 5.74) is 0.892. The second-order valence-electron chi connectivity index (χ2n) is 5.11. The zero-order chi connectivity index (χ0) is 13.2. The number of rotatable bonds is 3. The Morgan fingerprint density at radius 3 is 2.79 bits per heavy atom. The first-order valence-corrected chi connectivity index (χ1v) is 6.74. The molecule has 0 aliphatic carbocycles. The molecule has 0 saturated carbocycles. The van der Waals surface area contributed by atoms with Crippen molar-refractivity contribution < 1.29 is 14.6 Å². The maximum Gasteiger partial charge on any atom is 0.358 e. The highest BCUT2D eigenvalue weighted by Crippen LogP contribution is 2.31. The molecule has 0 spiro atoms. The van der Waals surface area contributed by atoms with E-state index in [2.05, 4.69) is 15.6 Å². The average molecular weight is 266 g/mol. The van der Waals surface area contributed by atoms with Crippen LogP contribution in [0.2, 0.25) is 0 Å². The van der Waals surface area contributed by atoms with Gasteiger partial charge < -0.3 is 15.2 Å². The molecule has 0 aromatic carbocycles. The molecule has 0 radical (unpaired) electrons. The number of carbonyl (C=O) groups is 1. The number of hydrogen-bond donors (Lipinski definition) is 2. The van der Waals surface area contributed by atoms with Crippen molar-refractivity contribution in [1.82, 2.24) is 20.3 Å². The van der Waals surface area contributed by atoms with E-state index in [-0.39, 0.29) is 17.7 Å². The van der Waals surface area contributed by atoms with Gasteiger partial charge in [0.1, 0.15) is 0 Å². The summed E-state index contributed by atoms with van der Waals surface area (Å²) in [5.74, 6) is -0.762. The molecule has 0 bridgehead atoms. The molecule has 1 aromatic heterocycles. The minimum atomic E-state index is -0.987. The van der Waals surface area contributed by atoms with Gasteiger partial charge in [-0.25, -0.2) is 9.48 Å². The molecule has 19 heavy (non-hydrogen) atoms. The fourth-order valence-corrected chi connectivity index (χ4v) is 2.91. The number of nitrogens with one attached hydrogen (secondary N) is 1. The van der Waals surface area contributed by atoms with Gasteiger partial charge in [-0.15, -0.1) is 5.10 Å². The molecule has 2 aliphatic heterocycles. The van der Waals surface area contributed by atoms with E-state index in [0.717, 1.165) is 38.0 Å². The highest BCUT2D eigenvalue weighted by Gasteiger charge is 2.31. The molecule has 1 atom stereocenters. The summed E-state index contributed by atoms with van der Waals surface area (Å²) in [6.45, 7) is 3.13. The predicted octanol–water partition coefficient (Wildman–Crippen LogP) is 0.405. The van der Waals surface area contributed by atoms with Crippen molar-refractivity contribution in [3.8, 4) is 0 Å². The van der Waals surface area contributed by atoms with Gasteiger partial charge >= 0.3 is 5.97 Å². The fraction of sp³-hybridized carbons (Fsp3) is 0.750. The highest BCUT2D eigenvalue weighted by atomic mass is 16.5. The highest BCUT2D eigenvalue weighted by molar-refractivity contribution is 5.86. The minimum Gasteiger partial charge on any atom is -0.476 e. The Balaban J connectivity index is 1.96. The van der Waals surface area contributed by atoms with Crippen LogP contribution >= 0.6 is 0 Å². The van der Waals surface area contributed by atoms with Crippen LogP contribution in [0.15, 0.2) is 0 Å². The molecule has 1 aromatic rings. The zero-order valence-corrected chi connectivity index (χ0v) is 10.7. The maximum atomic E-state index is 11.3. The predicted molar refractivity (Wildman–Crippen MR) is 66.3 cm³/mol. The van der Waals surface area contributed by atoms with E-state index in [1.54, 1.807) is 4.68 Å². The number of hydrogen-bond acceptors (Lipinski definition) is 5. The van der Waals surface area contributed by atoms with Crippen molar-refractivity contribution in [2.24, 2.45) is 0 Å². The van der Waals surface area contributed by atoms with Crippen LogP contribution in [0.1, 0.15) is 47.4 Å². The van der Waals surface area contributed by atoms with Crippen LogP contribution < -0.4 is 5.32 Å². The minimum absolute atomic E-state index is 0.110. The van der Waals surface area contributed by atoms with Crippen LogP contribution in [0, 0.1) is 0 Å². The third-order valence-corrected chi connectivity index (χ3v) is 3.91. The van der Waals surface area contributed by atoms with Crippen molar-refractivity contribution in [1.29, 1.82) is 0 Å². The lowest BCUT2D eigenvalue weighted by atomic mass is 9.92. The summed E-state index contributed by atoms with van der Waals surface area (Å²) < 4.78 is 7.17. The Morgan fingerprint density at radius 2 is 2.16 bits per heavy atom. The topological polar surface area (TPSA) is 89.3 Å². The molecule has 2 saturated heterocycles. The first kappa shape index (κ1) is 12.6. The first-order valence-electron chi connectivity index (χ1n) is 6.74. The quantitative estimate of drug-likeness (QED) is 0.823. The lowest BCUT2D eigenvalue weighted by molar-refractivity contribution is 0.0688. The van der Waals surface area contributed by atoms with Crippen LogP contribution in [0.4, 0.5) is 0 Å². The van der Waals surface area contributed by atoms with E-state index in [9.17, 15) is 9.90 Å². The van der Waals surface area contributed by atoms with Crippen molar-refractivity contribution >= 4 is 5.97 Å². The number of ether oxygens (including phenoxy) is 1. The molecule has 7 nitrogen and oxygen atoms in total. The largest absolute Gasteiger partial charge is 0.476 e. The van der Waals surface area contributed by atoms with Crippen molar-refractivity contribution in [3.63, 3.8) is 0 Å². The van der Waals surface area contributed by atoms with E-state index < -0.39 is 5.97 Å². The van der Waals surface area contributed by atoms with Crippen molar-refractivity contribution in [2.75, 3.05) is 26.3 Å². The Morgan fingerprint density at radius 1 is 1.37 bits per heavy atom. The lowest BCUT2D eigenvalue weighted by Crippen LogP contribution is -2.29. The summed E-state index contributed by atoms with van der Waals surface area (Å²) in [7, 11) is 0. The number of aromatic carboxylic acids is 1. The van der Waals surface area contributed by atoms with Gasteiger partial charge in [0.15, 0.2) is 5.69 Å². The summed E-state index contributed by atoms with van der Waals surface area (Å²) in [4.78, 5) is 11.3. The van der Waals surface area contributed by atoms with Gasteiger partial charge in [0, 0.05) is 12.5 Å². The zero-order valence-electron chi connectivity index (χ0n) is 10.7. The second kappa shape index (κ2) is 5.26. The van der Waals surface area contributed by atoms with Crippen LogP contribution in [-0.2, 0) is 4.74 Å². The number of nitrogens with zero attached hydrogens (tertiary/aromatic N) is 3. The van der Waals surface area contributed by atoms with Gasteiger partial charge in [-0.2, -0.15) is 0 Å². The van der Waals surface area contributed by atoms with E-state index in [1.165, 1.54) is 0 Å². The van der Waals surface area contributed by atoms with Crippen LogP contribution in [-0.4, -0.2) is 52.4 Å². The first-order chi connectivity index (χ1) is 9.27. The standard InChI is InChI=1S/C12H18N4O3/c17-12(18)10-11(8-1-4-13-5-2-8)16(15-14-10)9-3-6-19-7-9/h8-9,13H,1-7H2,(H,17,18). The Bertz CT molecular complexity index is 462. The van der Waals surface area contributed by atoms with Gasteiger partial charge in [0.05, 0.1) is 18.3 Å². The Hall–Kier alpha value is -1.47. The smallest absolute Gasteiger partial charge is 0.358 e. The van der Waals surface area contributed by atoms with E-state index in [1.807, 2.05) is 0 Å². The van der Waals surface area contributed by atoms with Gasteiger partial charge in [-0.3, -0.25) is 0 Å². The van der Waals surface area contributed by atoms with E-state index >= 15 is 0 Å². The van der Waals surface area contributed by atoms with Gasteiger partial charge in [-0.05, 0) is 32.4 Å². The molecule has 104 valence electrons. The third-order valence-electron chi connectivity index (χ3n) is 3.91. The van der Waals surface area contributed by atoms with Crippen LogP contribution in [0.3, 0.4) is 0 Å². The van der Waals surface area contributed by atoms with E-state index in [4.69, 9.17) is 4.74 Å². The molecule has 3 rings (SSSR count). The van der Waals surface area contributed by atoms with Crippen LogP contribution in [0.5, 0.6) is 0 Å². The molecule has 2 aliphatic rings. The summed E-state index contributed by atoms with van der Waals surface area (Å²) >= 11 is 0. The average Bonchev–Trinajstić information content (AvgIpc) is 3.08. The third kappa shape index (κ3) is 2.35. The normalized spacial score (nSPS) is 24.7. The molecule has 3 heterocycles. The van der Waals surface area contributed by atoms with Crippen molar-refractivity contribution in [3.05, 3.63) is 11.4 Å². The van der Waals surface area contributed by atoms with Crippen LogP contribution in [0.25, 0.3) is 0 Å². The van der Waals surface area contributed by atoms with Gasteiger partial charge in [0.2, 0.25) is 0 Å². The lowest BCUT2D eigenvalue weighted by Gasteiger charge is -2.24. The molecule has 0 amide bonds. The number of piperidine rings is 1. The molecular weight excluding hydrogens is 248 g/mol. The molecule has 2 N–H and O–H groups in total. The molecule has 1 unspecified atom stereocenters. The Labute approximate surface area is 110 Å². The maximum absolute atomic E-state index is 11.3.